The summed E-state index contributed by atoms with van der Waals surface area (Å²) in [5, 5.41) is 0. The van der Waals surface area contributed by atoms with E-state index in [1.54, 1.807) is 0 Å². The first-order valence-corrected chi connectivity index (χ1v) is 5.71. The van der Waals surface area contributed by atoms with Gasteiger partial charge in [-0.15, -0.1) is 0 Å². The standard InChI is InChI=1S/C13H18O5/c1-8(11-6-5-9(2)18-11)7-10(12(14)16-3)13(15)17-4/h5-6,8,10H,7H2,1-4H3. The van der Waals surface area contributed by atoms with Gasteiger partial charge in [-0.3, -0.25) is 9.59 Å². The molecule has 0 radical (unpaired) electrons. The van der Waals surface area contributed by atoms with E-state index >= 15 is 0 Å². The van der Waals surface area contributed by atoms with E-state index in [1.165, 1.54) is 14.2 Å². The van der Waals surface area contributed by atoms with E-state index in [2.05, 4.69) is 9.47 Å². The van der Waals surface area contributed by atoms with E-state index in [0.717, 1.165) is 11.5 Å². The van der Waals surface area contributed by atoms with Gasteiger partial charge >= 0.3 is 11.9 Å². The van der Waals surface area contributed by atoms with Gasteiger partial charge in [0.05, 0.1) is 14.2 Å². The highest BCUT2D eigenvalue weighted by atomic mass is 16.5. The number of methoxy groups -OCH3 is 2. The predicted octanol–water partition coefficient (Wildman–Crippen LogP) is 2.04. The fraction of sp³-hybridized carbons (Fsp3) is 0.538. The number of esters is 2. The number of rotatable bonds is 5. The fourth-order valence-corrected chi connectivity index (χ4v) is 1.76. The molecule has 1 aromatic rings. The van der Waals surface area contributed by atoms with Crippen molar-refractivity contribution in [3.63, 3.8) is 0 Å². The number of furan rings is 1. The summed E-state index contributed by atoms with van der Waals surface area (Å²) in [5.74, 6) is -0.619. The fourth-order valence-electron chi connectivity index (χ4n) is 1.76. The summed E-state index contributed by atoms with van der Waals surface area (Å²) >= 11 is 0. The number of carbonyl (C=O) groups excluding carboxylic acids is 2. The first kappa shape index (κ1) is 14.3. The number of carbonyl (C=O) groups is 2. The Balaban J connectivity index is 2.77. The van der Waals surface area contributed by atoms with Crippen molar-refractivity contribution in [2.75, 3.05) is 14.2 Å². The summed E-state index contributed by atoms with van der Waals surface area (Å²) in [5.41, 5.74) is 0. The van der Waals surface area contributed by atoms with Gasteiger partial charge in [0, 0.05) is 5.92 Å². The second-order valence-electron chi connectivity index (χ2n) is 4.18. The summed E-state index contributed by atoms with van der Waals surface area (Å²) in [6.45, 7) is 3.73. The van der Waals surface area contributed by atoms with Crippen LogP contribution in [0, 0.1) is 12.8 Å². The quantitative estimate of drug-likeness (QED) is 0.594. The van der Waals surface area contributed by atoms with Crippen molar-refractivity contribution in [3.05, 3.63) is 23.7 Å². The van der Waals surface area contributed by atoms with E-state index in [9.17, 15) is 9.59 Å². The van der Waals surface area contributed by atoms with Crippen LogP contribution in [0.2, 0.25) is 0 Å². The molecule has 0 spiro atoms. The molecule has 1 atom stereocenters. The first-order valence-electron chi connectivity index (χ1n) is 5.71. The normalized spacial score (nSPS) is 12.3. The molecule has 0 aliphatic heterocycles. The molecular weight excluding hydrogens is 236 g/mol. The predicted molar refractivity (Wildman–Crippen MR) is 64.0 cm³/mol. The van der Waals surface area contributed by atoms with E-state index in [0.29, 0.717) is 6.42 Å². The zero-order valence-electron chi connectivity index (χ0n) is 11.1. The minimum absolute atomic E-state index is 0.0677. The van der Waals surface area contributed by atoms with Crippen LogP contribution in [0.3, 0.4) is 0 Å². The van der Waals surface area contributed by atoms with Gasteiger partial charge in [-0.1, -0.05) is 6.92 Å². The van der Waals surface area contributed by atoms with Gasteiger partial charge in [-0.25, -0.2) is 0 Å². The molecule has 0 N–H and O–H groups in total. The second-order valence-corrected chi connectivity index (χ2v) is 4.18. The maximum atomic E-state index is 11.5. The van der Waals surface area contributed by atoms with Gasteiger partial charge in [-0.05, 0) is 25.5 Å². The molecule has 0 aliphatic carbocycles. The smallest absolute Gasteiger partial charge is 0.320 e. The first-order chi connectivity index (χ1) is 8.49. The van der Waals surface area contributed by atoms with Crippen molar-refractivity contribution >= 4 is 11.9 Å². The van der Waals surface area contributed by atoms with Gasteiger partial charge in [0.15, 0.2) is 5.92 Å². The van der Waals surface area contributed by atoms with Crippen LogP contribution in [0.15, 0.2) is 16.5 Å². The molecule has 1 aromatic heterocycles. The lowest BCUT2D eigenvalue weighted by molar-refractivity contribution is -0.159. The number of ether oxygens (including phenoxy) is 2. The van der Waals surface area contributed by atoms with E-state index in [4.69, 9.17) is 4.42 Å². The van der Waals surface area contributed by atoms with E-state index < -0.39 is 17.9 Å². The van der Waals surface area contributed by atoms with Crippen molar-refractivity contribution in [2.45, 2.75) is 26.2 Å². The summed E-state index contributed by atoms with van der Waals surface area (Å²) in [6.07, 6.45) is 0.298. The molecule has 100 valence electrons. The Hall–Kier alpha value is -1.78. The van der Waals surface area contributed by atoms with Crippen LogP contribution in [0.25, 0.3) is 0 Å². The SMILES string of the molecule is COC(=O)C(CC(C)c1ccc(C)o1)C(=O)OC. The zero-order chi connectivity index (χ0) is 13.7. The average Bonchev–Trinajstić information content (AvgIpc) is 2.80. The summed E-state index contributed by atoms with van der Waals surface area (Å²) in [6, 6.07) is 3.68. The largest absolute Gasteiger partial charge is 0.468 e. The maximum absolute atomic E-state index is 11.5. The van der Waals surface area contributed by atoms with Crippen molar-refractivity contribution in [1.29, 1.82) is 0 Å². The molecule has 0 amide bonds. The lowest BCUT2D eigenvalue weighted by atomic mass is 9.94. The van der Waals surface area contributed by atoms with Crippen molar-refractivity contribution in [2.24, 2.45) is 5.92 Å². The third-order valence-electron chi connectivity index (χ3n) is 2.81. The Morgan fingerprint density at radius 1 is 1.22 bits per heavy atom. The average molecular weight is 254 g/mol. The van der Waals surface area contributed by atoms with Gasteiger partial charge in [0.25, 0.3) is 0 Å². The Labute approximate surface area is 106 Å². The highest BCUT2D eigenvalue weighted by Gasteiger charge is 2.31. The number of hydrogen-bond donors (Lipinski definition) is 0. The Kier molecular flexibility index (Phi) is 4.95. The molecule has 1 unspecified atom stereocenters. The summed E-state index contributed by atoms with van der Waals surface area (Å²) in [7, 11) is 2.50. The van der Waals surface area contributed by atoms with Crippen LogP contribution in [-0.2, 0) is 19.1 Å². The van der Waals surface area contributed by atoms with Gasteiger partial charge in [0.2, 0.25) is 0 Å². The highest BCUT2D eigenvalue weighted by molar-refractivity contribution is 5.94. The Morgan fingerprint density at radius 2 is 1.78 bits per heavy atom. The maximum Gasteiger partial charge on any atom is 0.320 e. The van der Waals surface area contributed by atoms with Crippen molar-refractivity contribution < 1.29 is 23.5 Å². The second kappa shape index (κ2) is 6.23. The third-order valence-corrected chi connectivity index (χ3v) is 2.81. The van der Waals surface area contributed by atoms with Crippen LogP contribution < -0.4 is 0 Å². The van der Waals surface area contributed by atoms with Crippen molar-refractivity contribution in [1.82, 2.24) is 0 Å². The topological polar surface area (TPSA) is 65.7 Å². The molecule has 1 heterocycles. The molecule has 1 rings (SSSR count). The minimum Gasteiger partial charge on any atom is -0.468 e. The lowest BCUT2D eigenvalue weighted by Gasteiger charge is -2.15. The number of hydrogen-bond acceptors (Lipinski definition) is 5. The molecule has 0 bridgehead atoms. The molecule has 0 fully saturated rings. The van der Waals surface area contributed by atoms with Crippen molar-refractivity contribution in [3.8, 4) is 0 Å². The minimum atomic E-state index is -0.916. The molecule has 18 heavy (non-hydrogen) atoms. The van der Waals surface area contributed by atoms with Gasteiger partial charge in [0.1, 0.15) is 11.5 Å². The molecule has 0 aliphatic rings. The zero-order valence-corrected chi connectivity index (χ0v) is 11.1. The third kappa shape index (κ3) is 3.35. The Morgan fingerprint density at radius 3 is 2.17 bits per heavy atom. The van der Waals surface area contributed by atoms with Crippen LogP contribution in [0.4, 0.5) is 0 Å². The summed E-state index contributed by atoms with van der Waals surface area (Å²) < 4.78 is 14.7. The van der Waals surface area contributed by atoms with Gasteiger partial charge < -0.3 is 13.9 Å². The molecule has 5 nitrogen and oxygen atoms in total. The van der Waals surface area contributed by atoms with E-state index in [1.807, 2.05) is 26.0 Å². The number of aryl methyl sites for hydroxylation is 1. The molecule has 0 aromatic carbocycles. The van der Waals surface area contributed by atoms with E-state index in [-0.39, 0.29) is 5.92 Å². The highest BCUT2D eigenvalue weighted by Crippen LogP contribution is 2.26. The van der Waals surface area contributed by atoms with Crippen LogP contribution in [0.1, 0.15) is 30.8 Å². The van der Waals surface area contributed by atoms with Gasteiger partial charge in [-0.2, -0.15) is 0 Å². The molecular formula is C13H18O5. The van der Waals surface area contributed by atoms with Crippen LogP contribution >= 0.6 is 0 Å². The monoisotopic (exact) mass is 254 g/mol. The van der Waals surface area contributed by atoms with Crippen LogP contribution in [-0.4, -0.2) is 26.2 Å². The molecule has 5 heteroatoms. The molecule has 0 saturated heterocycles. The Bertz CT molecular complexity index is 405. The lowest BCUT2D eigenvalue weighted by Crippen LogP contribution is -2.27. The van der Waals surface area contributed by atoms with Crippen LogP contribution in [0.5, 0.6) is 0 Å². The summed E-state index contributed by atoms with van der Waals surface area (Å²) in [4.78, 5) is 23.1. The molecule has 0 saturated carbocycles.